The van der Waals surface area contributed by atoms with E-state index < -0.39 is 0 Å². The Balaban J connectivity index is 1.98. The minimum atomic E-state index is 0.399. The van der Waals surface area contributed by atoms with Gasteiger partial charge in [0.25, 0.3) is 0 Å². The number of halogens is 1. The molecule has 2 nitrogen and oxygen atoms in total. The smallest absolute Gasteiger partial charge is 0.0409 e. The van der Waals surface area contributed by atoms with Crippen molar-refractivity contribution in [3.05, 3.63) is 34.9 Å². The highest BCUT2D eigenvalue weighted by Crippen LogP contribution is 2.24. The number of benzene rings is 1. The van der Waals surface area contributed by atoms with E-state index in [4.69, 9.17) is 11.6 Å². The summed E-state index contributed by atoms with van der Waals surface area (Å²) in [6.45, 7) is 7.02. The topological polar surface area (TPSA) is 15.3 Å². The quantitative estimate of drug-likeness (QED) is 0.879. The van der Waals surface area contributed by atoms with Gasteiger partial charge in [-0.2, -0.15) is 0 Å². The fraction of sp³-hybridized carbons (Fsp3) is 0.647. The van der Waals surface area contributed by atoms with Crippen molar-refractivity contribution in [2.75, 3.05) is 20.1 Å². The van der Waals surface area contributed by atoms with Crippen molar-refractivity contribution < 1.29 is 0 Å². The third kappa shape index (κ3) is 4.21. The van der Waals surface area contributed by atoms with Gasteiger partial charge in [-0.1, -0.05) is 30.7 Å². The van der Waals surface area contributed by atoms with Gasteiger partial charge >= 0.3 is 0 Å². The van der Waals surface area contributed by atoms with Gasteiger partial charge < -0.3 is 10.2 Å². The number of hydrogen-bond acceptors (Lipinski definition) is 2. The molecule has 0 amide bonds. The molecule has 0 spiro atoms. The van der Waals surface area contributed by atoms with Crippen LogP contribution >= 0.6 is 11.6 Å². The molecule has 1 aliphatic heterocycles. The van der Waals surface area contributed by atoms with Gasteiger partial charge in [-0.15, -0.1) is 0 Å². The summed E-state index contributed by atoms with van der Waals surface area (Å²) in [5.74, 6) is 0.752. The van der Waals surface area contributed by atoms with E-state index in [1.807, 2.05) is 12.1 Å². The van der Waals surface area contributed by atoms with Gasteiger partial charge in [-0.05, 0) is 63.4 Å². The molecular formula is C17H27ClN2. The van der Waals surface area contributed by atoms with E-state index in [-0.39, 0.29) is 0 Å². The Morgan fingerprint density at radius 1 is 1.45 bits per heavy atom. The van der Waals surface area contributed by atoms with Gasteiger partial charge in [0.2, 0.25) is 0 Å². The molecule has 112 valence electrons. The largest absolute Gasteiger partial charge is 0.307 e. The zero-order valence-corrected chi connectivity index (χ0v) is 13.7. The van der Waals surface area contributed by atoms with Crippen LogP contribution in [-0.4, -0.2) is 31.1 Å². The molecule has 0 aromatic heterocycles. The zero-order chi connectivity index (χ0) is 14.5. The van der Waals surface area contributed by atoms with Crippen molar-refractivity contribution in [3.63, 3.8) is 0 Å². The predicted octanol–water partition coefficient (Wildman–Crippen LogP) is 4.11. The molecule has 20 heavy (non-hydrogen) atoms. The van der Waals surface area contributed by atoms with Crippen LogP contribution in [0.1, 0.15) is 44.7 Å². The Kier molecular flexibility index (Phi) is 5.88. The first kappa shape index (κ1) is 15.8. The Morgan fingerprint density at radius 3 is 2.90 bits per heavy atom. The molecule has 0 aliphatic carbocycles. The van der Waals surface area contributed by atoms with Crippen molar-refractivity contribution >= 4 is 11.6 Å². The molecule has 1 heterocycles. The van der Waals surface area contributed by atoms with Crippen LogP contribution in [0.15, 0.2) is 24.3 Å². The van der Waals surface area contributed by atoms with E-state index in [1.54, 1.807) is 0 Å². The van der Waals surface area contributed by atoms with Crippen LogP contribution in [0.25, 0.3) is 0 Å². The summed E-state index contributed by atoms with van der Waals surface area (Å²) in [7, 11) is 2.23. The lowest BCUT2D eigenvalue weighted by molar-refractivity contribution is 0.172. The van der Waals surface area contributed by atoms with E-state index in [0.29, 0.717) is 12.1 Å². The molecule has 3 heteroatoms. The van der Waals surface area contributed by atoms with Crippen molar-refractivity contribution in [3.8, 4) is 0 Å². The molecule has 1 saturated heterocycles. The highest BCUT2D eigenvalue weighted by molar-refractivity contribution is 6.30. The predicted molar refractivity (Wildman–Crippen MR) is 87.3 cm³/mol. The fourth-order valence-electron chi connectivity index (χ4n) is 3.24. The molecule has 2 rings (SSSR count). The minimum absolute atomic E-state index is 0.399. The van der Waals surface area contributed by atoms with E-state index >= 15 is 0 Å². The first-order chi connectivity index (χ1) is 9.60. The normalized spacial score (nSPS) is 23.5. The molecule has 1 aromatic rings. The molecular weight excluding hydrogens is 268 g/mol. The maximum atomic E-state index is 6.12. The summed E-state index contributed by atoms with van der Waals surface area (Å²) in [5.41, 5.74) is 1.30. The lowest BCUT2D eigenvalue weighted by Gasteiger charge is -2.35. The third-order valence-electron chi connectivity index (χ3n) is 4.49. The second-order valence-electron chi connectivity index (χ2n) is 6.14. The molecule has 1 fully saturated rings. The second kappa shape index (κ2) is 7.44. The van der Waals surface area contributed by atoms with Crippen molar-refractivity contribution in [1.82, 2.24) is 10.2 Å². The molecule has 1 aromatic carbocycles. The zero-order valence-electron chi connectivity index (χ0n) is 12.9. The molecule has 0 saturated carbocycles. The van der Waals surface area contributed by atoms with Gasteiger partial charge in [0.05, 0.1) is 0 Å². The van der Waals surface area contributed by atoms with Crippen LogP contribution in [0.5, 0.6) is 0 Å². The lowest BCUT2D eigenvalue weighted by atomic mass is 9.90. The average Bonchev–Trinajstić information content (AvgIpc) is 2.44. The number of nitrogens with one attached hydrogen (secondary N) is 1. The number of hydrogen-bond donors (Lipinski definition) is 1. The minimum Gasteiger partial charge on any atom is -0.307 e. The van der Waals surface area contributed by atoms with Crippen molar-refractivity contribution in [1.29, 1.82) is 0 Å². The summed E-state index contributed by atoms with van der Waals surface area (Å²) >= 11 is 6.12. The number of likely N-dealkylation sites (tertiary alicyclic amines) is 1. The molecule has 3 unspecified atom stereocenters. The van der Waals surface area contributed by atoms with E-state index in [2.05, 4.69) is 43.2 Å². The molecule has 3 atom stereocenters. The Labute approximate surface area is 128 Å². The van der Waals surface area contributed by atoms with Crippen molar-refractivity contribution in [2.45, 2.75) is 45.2 Å². The van der Waals surface area contributed by atoms with Gasteiger partial charge in [0.1, 0.15) is 0 Å². The van der Waals surface area contributed by atoms with Gasteiger partial charge in [-0.25, -0.2) is 0 Å². The van der Waals surface area contributed by atoms with Crippen molar-refractivity contribution in [2.24, 2.45) is 5.92 Å². The maximum absolute atomic E-state index is 6.12. The second-order valence-corrected chi connectivity index (χ2v) is 6.57. The van der Waals surface area contributed by atoms with Crippen LogP contribution in [0.2, 0.25) is 5.02 Å². The third-order valence-corrected chi connectivity index (χ3v) is 4.73. The molecule has 0 radical (unpaired) electrons. The lowest BCUT2D eigenvalue weighted by Crippen LogP contribution is -2.44. The average molecular weight is 295 g/mol. The summed E-state index contributed by atoms with van der Waals surface area (Å²) in [4.78, 5) is 2.45. The number of piperidine rings is 1. The van der Waals surface area contributed by atoms with E-state index in [9.17, 15) is 0 Å². The van der Waals surface area contributed by atoms with Gasteiger partial charge in [0.15, 0.2) is 0 Å². The SMILES string of the molecule is CCC(NC(C)C1CCCN(C)C1)c1cccc(Cl)c1. The summed E-state index contributed by atoms with van der Waals surface area (Å²) in [5, 5.41) is 4.64. The summed E-state index contributed by atoms with van der Waals surface area (Å²) in [6, 6.07) is 9.19. The summed E-state index contributed by atoms with van der Waals surface area (Å²) < 4.78 is 0. The Bertz CT molecular complexity index is 421. The first-order valence-electron chi connectivity index (χ1n) is 7.80. The number of rotatable bonds is 5. The Morgan fingerprint density at radius 2 is 2.25 bits per heavy atom. The molecule has 1 aliphatic rings. The highest BCUT2D eigenvalue weighted by Gasteiger charge is 2.24. The van der Waals surface area contributed by atoms with Crippen LogP contribution in [-0.2, 0) is 0 Å². The van der Waals surface area contributed by atoms with Crippen LogP contribution < -0.4 is 5.32 Å². The van der Waals surface area contributed by atoms with Gasteiger partial charge in [0, 0.05) is 23.7 Å². The standard InChI is InChI=1S/C17H27ClN2/c1-4-17(14-7-5-9-16(18)11-14)19-13(2)15-8-6-10-20(3)12-15/h5,7,9,11,13,15,17,19H,4,6,8,10,12H2,1-3H3. The molecule has 0 bridgehead atoms. The summed E-state index contributed by atoms with van der Waals surface area (Å²) in [6.07, 6.45) is 3.75. The highest BCUT2D eigenvalue weighted by atomic mass is 35.5. The first-order valence-corrected chi connectivity index (χ1v) is 8.18. The van der Waals surface area contributed by atoms with Crippen LogP contribution in [0.3, 0.4) is 0 Å². The molecule has 1 N–H and O–H groups in total. The van der Waals surface area contributed by atoms with Crippen LogP contribution in [0, 0.1) is 5.92 Å². The monoisotopic (exact) mass is 294 g/mol. The maximum Gasteiger partial charge on any atom is 0.0409 e. The Hall–Kier alpha value is -0.570. The van der Waals surface area contributed by atoms with Gasteiger partial charge in [-0.3, -0.25) is 0 Å². The number of nitrogens with zero attached hydrogens (tertiary/aromatic N) is 1. The van der Waals surface area contributed by atoms with Crippen LogP contribution in [0.4, 0.5) is 0 Å². The van der Waals surface area contributed by atoms with E-state index in [0.717, 1.165) is 17.4 Å². The van der Waals surface area contributed by atoms with E-state index in [1.165, 1.54) is 31.5 Å². The fourth-order valence-corrected chi connectivity index (χ4v) is 3.44.